The highest BCUT2D eigenvalue weighted by Gasteiger charge is 2.62. The molecule has 11 heteroatoms. The molecule has 4 atom stereocenters. The molecule has 2 saturated carbocycles. The molecule has 9 nitrogen and oxygen atoms in total. The summed E-state index contributed by atoms with van der Waals surface area (Å²) in [5.41, 5.74) is -0.803. The molecule has 0 unspecified atom stereocenters. The van der Waals surface area contributed by atoms with Crippen LogP contribution in [0.5, 0.6) is 0 Å². The third-order valence-electron chi connectivity index (χ3n) is 7.24. The number of nitrogens with zero attached hydrogens (tertiary/aromatic N) is 3. The van der Waals surface area contributed by atoms with E-state index in [0.717, 1.165) is 35.3 Å². The number of halogens is 2. The highest BCUT2D eigenvalue weighted by Crippen LogP contribution is 2.56. The number of nitro groups is 1. The number of para-hydroxylation sites is 1. The van der Waals surface area contributed by atoms with Gasteiger partial charge in [0.2, 0.25) is 0 Å². The SMILES string of the molecule is O=C(CN(C(=O)c1ccccc1[N+](=O)[O-])N1C(=O)[C@@H]2[C@H]3CC[C@@H](C3)[C@H]2C1=O)c1ccc(Cl)cc1Cl. The fourth-order valence-corrected chi connectivity index (χ4v) is 6.27. The van der Waals surface area contributed by atoms with Gasteiger partial charge in [0.15, 0.2) is 5.78 Å². The Kier molecular flexibility index (Phi) is 5.85. The summed E-state index contributed by atoms with van der Waals surface area (Å²) in [6, 6.07) is 9.38. The number of hydrogen-bond donors (Lipinski definition) is 0. The highest BCUT2D eigenvalue weighted by atomic mass is 35.5. The van der Waals surface area contributed by atoms with Gasteiger partial charge in [-0.3, -0.25) is 29.3 Å². The second-order valence-corrected chi connectivity index (χ2v) is 9.90. The fraction of sp³-hybridized carbons (Fsp3) is 0.333. The van der Waals surface area contributed by atoms with Gasteiger partial charge in [-0.2, -0.15) is 5.01 Å². The topological polar surface area (TPSA) is 118 Å². The molecule has 5 rings (SSSR count). The van der Waals surface area contributed by atoms with Gasteiger partial charge in [-0.1, -0.05) is 35.3 Å². The summed E-state index contributed by atoms with van der Waals surface area (Å²) in [7, 11) is 0. The molecule has 0 radical (unpaired) electrons. The number of nitro benzene ring substituents is 1. The van der Waals surface area contributed by atoms with Crippen LogP contribution in [0.1, 0.15) is 40.0 Å². The molecule has 3 aliphatic rings. The van der Waals surface area contributed by atoms with Gasteiger partial charge in [-0.05, 0) is 55.4 Å². The van der Waals surface area contributed by atoms with Gasteiger partial charge >= 0.3 is 0 Å². The van der Waals surface area contributed by atoms with Crippen LogP contribution in [0.25, 0.3) is 0 Å². The van der Waals surface area contributed by atoms with E-state index in [-0.39, 0.29) is 28.0 Å². The quantitative estimate of drug-likeness (QED) is 0.246. The van der Waals surface area contributed by atoms with Crippen molar-refractivity contribution in [2.75, 3.05) is 6.54 Å². The minimum absolute atomic E-state index is 0.0366. The zero-order valence-electron chi connectivity index (χ0n) is 18.2. The van der Waals surface area contributed by atoms with Gasteiger partial charge in [-0.15, -0.1) is 0 Å². The van der Waals surface area contributed by atoms with Crippen molar-refractivity contribution in [3.05, 3.63) is 73.8 Å². The Morgan fingerprint density at radius 2 is 1.63 bits per heavy atom. The van der Waals surface area contributed by atoms with E-state index < -0.39 is 52.5 Å². The van der Waals surface area contributed by atoms with Crippen molar-refractivity contribution in [3.8, 4) is 0 Å². The normalized spacial score (nSPS) is 24.6. The van der Waals surface area contributed by atoms with Gasteiger partial charge < -0.3 is 0 Å². The monoisotopic (exact) mass is 515 g/mol. The Labute approximate surface area is 209 Å². The van der Waals surface area contributed by atoms with E-state index in [1.807, 2.05) is 0 Å². The molecular formula is C24H19Cl2N3O6. The standard InChI is InChI=1S/C24H19Cl2N3O6/c25-14-7-8-15(17(26)10-14)19(30)11-27(22(31)16-3-1-2-4-18(16)29(34)35)28-23(32)20-12-5-6-13(9-12)21(20)24(28)33/h1-4,7-8,10,12-13,20-21H,5-6,9,11H2/t12-,13-,20+,21+/m0/s1. The van der Waals surface area contributed by atoms with Crippen LogP contribution in [0.2, 0.25) is 10.0 Å². The number of carbonyl (C=O) groups is 4. The van der Waals surface area contributed by atoms with Crippen molar-refractivity contribution in [3.63, 3.8) is 0 Å². The van der Waals surface area contributed by atoms with Crippen LogP contribution in [-0.4, -0.2) is 45.0 Å². The number of fused-ring (bicyclic) bond motifs is 5. The summed E-state index contributed by atoms with van der Waals surface area (Å²) >= 11 is 12.1. The van der Waals surface area contributed by atoms with Crippen molar-refractivity contribution in [1.82, 2.24) is 10.0 Å². The van der Waals surface area contributed by atoms with Gasteiger partial charge in [-0.25, -0.2) is 5.01 Å². The van der Waals surface area contributed by atoms with Crippen molar-refractivity contribution in [2.45, 2.75) is 19.3 Å². The van der Waals surface area contributed by atoms with Crippen molar-refractivity contribution in [1.29, 1.82) is 0 Å². The Morgan fingerprint density at radius 3 is 2.23 bits per heavy atom. The summed E-state index contributed by atoms with van der Waals surface area (Å²) in [5, 5.41) is 13.4. The van der Waals surface area contributed by atoms with Crippen LogP contribution >= 0.6 is 23.2 Å². The summed E-state index contributed by atoms with van der Waals surface area (Å²) in [4.78, 5) is 64.5. The zero-order valence-corrected chi connectivity index (χ0v) is 19.7. The molecule has 2 aromatic rings. The lowest BCUT2D eigenvalue weighted by atomic mass is 9.81. The van der Waals surface area contributed by atoms with E-state index in [1.54, 1.807) is 0 Å². The number of amides is 3. The molecule has 1 aliphatic heterocycles. The van der Waals surface area contributed by atoms with Crippen LogP contribution in [0.4, 0.5) is 5.69 Å². The molecule has 180 valence electrons. The molecule has 3 amide bonds. The molecule has 2 bridgehead atoms. The number of rotatable bonds is 6. The third-order valence-corrected chi connectivity index (χ3v) is 7.78. The minimum Gasteiger partial charge on any atom is -0.292 e. The lowest BCUT2D eigenvalue weighted by Gasteiger charge is -2.30. The maximum atomic E-state index is 13.6. The Balaban J connectivity index is 1.55. The number of hydrazine groups is 1. The maximum absolute atomic E-state index is 13.6. The molecule has 0 N–H and O–H groups in total. The second kappa shape index (κ2) is 8.73. The Bertz CT molecular complexity index is 1270. The number of ketones is 1. The predicted octanol–water partition coefficient (Wildman–Crippen LogP) is 4.17. The molecule has 2 aromatic carbocycles. The first-order valence-electron chi connectivity index (χ1n) is 11.1. The first kappa shape index (κ1) is 23.4. The van der Waals surface area contributed by atoms with Crippen LogP contribution < -0.4 is 0 Å². The lowest BCUT2D eigenvalue weighted by Crippen LogP contribution is -2.52. The Morgan fingerprint density at radius 1 is 1.00 bits per heavy atom. The molecule has 3 fully saturated rings. The molecule has 1 heterocycles. The van der Waals surface area contributed by atoms with Crippen LogP contribution in [0.3, 0.4) is 0 Å². The summed E-state index contributed by atoms with van der Waals surface area (Å²) in [6.45, 7) is -0.710. The van der Waals surface area contributed by atoms with E-state index >= 15 is 0 Å². The van der Waals surface area contributed by atoms with E-state index in [4.69, 9.17) is 23.2 Å². The molecular weight excluding hydrogens is 497 g/mol. The van der Waals surface area contributed by atoms with Gasteiger partial charge in [0.05, 0.1) is 21.8 Å². The van der Waals surface area contributed by atoms with E-state index in [1.165, 1.54) is 36.4 Å². The number of carbonyl (C=O) groups excluding carboxylic acids is 4. The second-order valence-electron chi connectivity index (χ2n) is 9.06. The minimum atomic E-state index is -0.996. The molecule has 0 aromatic heterocycles. The summed E-state index contributed by atoms with van der Waals surface area (Å²) < 4.78 is 0. The van der Waals surface area contributed by atoms with Gasteiger partial charge in [0, 0.05) is 16.7 Å². The fourth-order valence-electron chi connectivity index (χ4n) is 5.75. The molecule has 35 heavy (non-hydrogen) atoms. The summed E-state index contributed by atoms with van der Waals surface area (Å²) in [6.07, 6.45) is 2.45. The largest absolute Gasteiger partial charge is 0.292 e. The highest BCUT2D eigenvalue weighted by molar-refractivity contribution is 6.37. The lowest BCUT2D eigenvalue weighted by molar-refractivity contribution is -0.385. The number of hydrogen-bond acceptors (Lipinski definition) is 6. The van der Waals surface area contributed by atoms with Crippen molar-refractivity contribution >= 4 is 52.4 Å². The van der Waals surface area contributed by atoms with E-state index in [0.29, 0.717) is 5.02 Å². The molecule has 1 saturated heterocycles. The van der Waals surface area contributed by atoms with Gasteiger partial charge in [0.25, 0.3) is 23.4 Å². The van der Waals surface area contributed by atoms with Crippen LogP contribution in [-0.2, 0) is 9.59 Å². The van der Waals surface area contributed by atoms with Crippen molar-refractivity contribution < 1.29 is 24.1 Å². The zero-order chi connectivity index (χ0) is 25.0. The Hall–Kier alpha value is -3.30. The van der Waals surface area contributed by atoms with Crippen LogP contribution in [0.15, 0.2) is 42.5 Å². The number of Topliss-reactive ketones (excluding diaryl/α,β-unsaturated/α-hetero) is 1. The first-order valence-corrected chi connectivity index (χ1v) is 11.9. The molecule has 2 aliphatic carbocycles. The van der Waals surface area contributed by atoms with Gasteiger partial charge in [0.1, 0.15) is 12.1 Å². The van der Waals surface area contributed by atoms with E-state index in [9.17, 15) is 29.3 Å². The smallest absolute Gasteiger partial charge is 0.282 e. The molecule has 0 spiro atoms. The maximum Gasteiger partial charge on any atom is 0.282 e. The van der Waals surface area contributed by atoms with Crippen molar-refractivity contribution in [2.24, 2.45) is 23.7 Å². The average Bonchev–Trinajstić information content (AvgIpc) is 3.51. The number of benzene rings is 2. The third kappa shape index (κ3) is 3.79. The predicted molar refractivity (Wildman–Crippen MR) is 125 cm³/mol. The van der Waals surface area contributed by atoms with Crippen LogP contribution in [0, 0.1) is 33.8 Å². The summed E-state index contributed by atoms with van der Waals surface area (Å²) in [5.74, 6) is -3.73. The first-order chi connectivity index (χ1) is 16.7. The number of imide groups is 1. The van der Waals surface area contributed by atoms with E-state index in [2.05, 4.69) is 0 Å². The average molecular weight is 516 g/mol.